The highest BCUT2D eigenvalue weighted by Crippen LogP contribution is 2.29. The van der Waals surface area contributed by atoms with Crippen LogP contribution in [0.4, 0.5) is 5.69 Å². The summed E-state index contributed by atoms with van der Waals surface area (Å²) in [4.78, 5) is 20.9. The molecule has 0 aliphatic rings. The maximum atomic E-state index is 14.0. The number of benzene rings is 3. The number of ether oxygens (including phenoxy) is 1. The second-order valence-electron chi connectivity index (χ2n) is 9.09. The zero-order chi connectivity index (χ0) is 24.8. The van der Waals surface area contributed by atoms with Crippen molar-refractivity contribution in [2.24, 2.45) is 0 Å². The smallest absolute Gasteiger partial charge is 0.247 e. The number of nitrogens with zero attached hydrogens (tertiary/aromatic N) is 3. The first-order valence-electron chi connectivity index (χ1n) is 12.4. The zero-order valence-electron chi connectivity index (χ0n) is 21.2. The number of rotatable bonds is 10. The maximum Gasteiger partial charge on any atom is 0.247 e. The Bertz CT molecular complexity index is 1280. The van der Waals surface area contributed by atoms with Crippen LogP contribution in [0.1, 0.15) is 36.4 Å². The molecule has 1 amide bonds. The van der Waals surface area contributed by atoms with Crippen LogP contribution < -0.4 is 4.90 Å². The van der Waals surface area contributed by atoms with Crippen LogP contribution >= 0.6 is 0 Å². The Hall–Kier alpha value is -3.44. The summed E-state index contributed by atoms with van der Waals surface area (Å²) in [5, 5.41) is 0. The number of anilines is 1. The van der Waals surface area contributed by atoms with Gasteiger partial charge in [0.15, 0.2) is 0 Å². The monoisotopic (exact) mass is 469 g/mol. The second-order valence-corrected chi connectivity index (χ2v) is 9.09. The molecule has 1 atom stereocenters. The van der Waals surface area contributed by atoms with Crippen LogP contribution in [0.15, 0.2) is 72.8 Å². The summed E-state index contributed by atoms with van der Waals surface area (Å²) in [7, 11) is 1.68. The van der Waals surface area contributed by atoms with Crippen LogP contribution in [0.2, 0.25) is 0 Å². The minimum atomic E-state index is -0.0959. The molecule has 182 valence electrons. The lowest BCUT2D eigenvalue weighted by molar-refractivity contribution is -0.119. The van der Waals surface area contributed by atoms with Gasteiger partial charge in [-0.05, 0) is 55.5 Å². The molecule has 0 N–H and O–H groups in total. The fraction of sp³-hybridized carbons (Fsp3) is 0.333. The molecule has 1 aromatic heterocycles. The van der Waals surface area contributed by atoms with Gasteiger partial charge >= 0.3 is 0 Å². The van der Waals surface area contributed by atoms with E-state index in [2.05, 4.69) is 73.9 Å². The molecule has 35 heavy (non-hydrogen) atoms. The van der Waals surface area contributed by atoms with Gasteiger partial charge in [-0.1, -0.05) is 67.6 Å². The first kappa shape index (κ1) is 24.7. The Morgan fingerprint density at radius 2 is 1.74 bits per heavy atom. The molecule has 0 spiro atoms. The van der Waals surface area contributed by atoms with Gasteiger partial charge < -0.3 is 14.2 Å². The lowest BCUT2D eigenvalue weighted by atomic mass is 10.0. The van der Waals surface area contributed by atoms with E-state index in [-0.39, 0.29) is 18.5 Å². The van der Waals surface area contributed by atoms with Crippen LogP contribution in [-0.4, -0.2) is 35.2 Å². The Morgan fingerprint density at radius 1 is 1.00 bits per heavy atom. The number of imidazole rings is 1. The standard InChI is InChI=1S/C30H35N3O2/c1-5-25-15-11-12-22(2)30(25)33(23(3)21-35-4)29(34)20-32-27-17-10-9-16-26(27)31-28(32)19-18-24-13-7-6-8-14-24/h6-17,23H,5,18-21H2,1-4H3/t23-/m1/s1. The number of methoxy groups -OCH3 is 1. The Kier molecular flexibility index (Phi) is 7.98. The van der Waals surface area contributed by atoms with E-state index < -0.39 is 0 Å². The minimum Gasteiger partial charge on any atom is -0.383 e. The third-order valence-corrected chi connectivity index (χ3v) is 6.57. The van der Waals surface area contributed by atoms with Gasteiger partial charge in [-0.25, -0.2) is 4.98 Å². The predicted octanol–water partition coefficient (Wildman–Crippen LogP) is 5.76. The average Bonchev–Trinajstić information content (AvgIpc) is 3.22. The predicted molar refractivity (Wildman–Crippen MR) is 143 cm³/mol. The normalized spacial score (nSPS) is 12.1. The van der Waals surface area contributed by atoms with Gasteiger partial charge in [0.25, 0.3) is 0 Å². The van der Waals surface area contributed by atoms with E-state index in [1.165, 1.54) is 11.1 Å². The fourth-order valence-corrected chi connectivity index (χ4v) is 4.86. The molecule has 0 bridgehead atoms. The van der Waals surface area contributed by atoms with Gasteiger partial charge in [-0.3, -0.25) is 4.79 Å². The lowest BCUT2D eigenvalue weighted by Crippen LogP contribution is -2.44. The van der Waals surface area contributed by atoms with Gasteiger partial charge in [0, 0.05) is 13.5 Å². The molecule has 4 rings (SSSR count). The number of hydrogen-bond donors (Lipinski definition) is 0. The number of amides is 1. The quantitative estimate of drug-likeness (QED) is 0.297. The summed E-state index contributed by atoms with van der Waals surface area (Å²) in [5.41, 5.74) is 6.44. The van der Waals surface area contributed by atoms with E-state index in [1.807, 2.05) is 29.2 Å². The number of fused-ring (bicyclic) bond motifs is 1. The van der Waals surface area contributed by atoms with E-state index >= 15 is 0 Å². The van der Waals surface area contributed by atoms with Crippen molar-refractivity contribution in [1.82, 2.24) is 9.55 Å². The number of aromatic nitrogens is 2. The highest BCUT2D eigenvalue weighted by atomic mass is 16.5. The van der Waals surface area contributed by atoms with E-state index in [0.717, 1.165) is 47.4 Å². The van der Waals surface area contributed by atoms with Crippen LogP contribution in [0.3, 0.4) is 0 Å². The van der Waals surface area contributed by atoms with E-state index in [1.54, 1.807) is 7.11 Å². The van der Waals surface area contributed by atoms with E-state index in [4.69, 9.17) is 9.72 Å². The van der Waals surface area contributed by atoms with Crippen molar-refractivity contribution in [1.29, 1.82) is 0 Å². The van der Waals surface area contributed by atoms with Crippen LogP contribution in [0, 0.1) is 6.92 Å². The molecule has 0 fully saturated rings. The molecule has 3 aromatic carbocycles. The lowest BCUT2D eigenvalue weighted by Gasteiger charge is -2.32. The van der Waals surface area contributed by atoms with E-state index in [0.29, 0.717) is 6.61 Å². The minimum absolute atomic E-state index is 0.0441. The van der Waals surface area contributed by atoms with Crippen molar-refractivity contribution < 1.29 is 9.53 Å². The van der Waals surface area contributed by atoms with Crippen LogP contribution in [-0.2, 0) is 35.3 Å². The molecule has 0 aliphatic heterocycles. The molecule has 0 saturated heterocycles. The Morgan fingerprint density at radius 3 is 2.49 bits per heavy atom. The van der Waals surface area contributed by atoms with Crippen molar-refractivity contribution in [3.63, 3.8) is 0 Å². The highest BCUT2D eigenvalue weighted by molar-refractivity contribution is 5.96. The summed E-state index contributed by atoms with van der Waals surface area (Å²) in [6.07, 6.45) is 2.50. The number of carbonyl (C=O) groups excluding carboxylic acids is 1. The summed E-state index contributed by atoms with van der Waals surface area (Å²) < 4.78 is 7.57. The maximum absolute atomic E-state index is 14.0. The number of aryl methyl sites for hydroxylation is 4. The molecule has 0 radical (unpaired) electrons. The zero-order valence-corrected chi connectivity index (χ0v) is 21.2. The first-order chi connectivity index (χ1) is 17.0. The summed E-state index contributed by atoms with van der Waals surface area (Å²) >= 11 is 0. The van der Waals surface area contributed by atoms with Crippen LogP contribution in [0.25, 0.3) is 11.0 Å². The van der Waals surface area contributed by atoms with Crippen molar-refractivity contribution >= 4 is 22.6 Å². The third kappa shape index (κ3) is 5.46. The number of para-hydroxylation sites is 3. The Balaban J connectivity index is 1.71. The van der Waals surface area contributed by atoms with E-state index in [9.17, 15) is 4.79 Å². The average molecular weight is 470 g/mol. The summed E-state index contributed by atoms with van der Waals surface area (Å²) in [6, 6.07) is 24.6. The topological polar surface area (TPSA) is 47.4 Å². The molecule has 0 saturated carbocycles. The highest BCUT2D eigenvalue weighted by Gasteiger charge is 2.27. The van der Waals surface area contributed by atoms with Gasteiger partial charge in [-0.2, -0.15) is 0 Å². The SMILES string of the molecule is CCc1cccc(C)c1N(C(=O)Cn1c(CCc2ccccc2)nc2ccccc21)[C@H](C)COC. The van der Waals surface area contributed by atoms with Crippen LogP contribution in [0.5, 0.6) is 0 Å². The number of hydrogen-bond acceptors (Lipinski definition) is 3. The molecule has 0 unspecified atom stereocenters. The molecular formula is C30H35N3O2. The first-order valence-corrected chi connectivity index (χ1v) is 12.4. The fourth-order valence-electron chi connectivity index (χ4n) is 4.86. The van der Waals surface area contributed by atoms with Gasteiger partial charge in [-0.15, -0.1) is 0 Å². The molecule has 5 nitrogen and oxygen atoms in total. The molecule has 4 aromatic rings. The van der Waals surface area contributed by atoms with Crippen molar-refractivity contribution in [3.05, 3.63) is 95.3 Å². The largest absolute Gasteiger partial charge is 0.383 e. The van der Waals surface area contributed by atoms with Gasteiger partial charge in [0.1, 0.15) is 12.4 Å². The third-order valence-electron chi connectivity index (χ3n) is 6.57. The molecule has 5 heteroatoms. The van der Waals surface area contributed by atoms with Crippen molar-refractivity contribution in [3.8, 4) is 0 Å². The van der Waals surface area contributed by atoms with Gasteiger partial charge in [0.05, 0.1) is 29.4 Å². The second kappa shape index (κ2) is 11.3. The Labute approximate surface area is 208 Å². The summed E-state index contributed by atoms with van der Waals surface area (Å²) in [6.45, 7) is 6.96. The van der Waals surface area contributed by atoms with Crippen molar-refractivity contribution in [2.75, 3.05) is 18.6 Å². The number of carbonyl (C=O) groups is 1. The molecule has 1 heterocycles. The summed E-state index contributed by atoms with van der Waals surface area (Å²) in [5.74, 6) is 0.978. The molecule has 0 aliphatic carbocycles. The van der Waals surface area contributed by atoms with Gasteiger partial charge in [0.2, 0.25) is 5.91 Å². The van der Waals surface area contributed by atoms with Crippen molar-refractivity contribution in [2.45, 2.75) is 52.6 Å². The molecular weight excluding hydrogens is 434 g/mol.